The molecule has 10 heavy (non-hydrogen) atoms. The molecule has 0 heterocycles. The van der Waals surface area contributed by atoms with Crippen molar-refractivity contribution < 1.29 is 0 Å². The number of rotatable bonds is 1. The van der Waals surface area contributed by atoms with Crippen LogP contribution in [-0.4, -0.2) is 0 Å². The lowest BCUT2D eigenvalue weighted by atomic mass is 10.1. The van der Waals surface area contributed by atoms with E-state index >= 15 is 0 Å². The lowest BCUT2D eigenvalue weighted by molar-refractivity contribution is 0.907. The zero-order valence-electron chi connectivity index (χ0n) is 5.55. The third-order valence-electron chi connectivity index (χ3n) is 1.28. The highest BCUT2D eigenvalue weighted by Gasteiger charge is 1.97. The molecule has 0 unspecified atom stereocenters. The van der Waals surface area contributed by atoms with Crippen molar-refractivity contribution in [3.05, 3.63) is 41.2 Å². The van der Waals surface area contributed by atoms with Crippen LogP contribution in [0.1, 0.15) is 11.6 Å². The first-order chi connectivity index (χ1) is 4.70. The van der Waals surface area contributed by atoms with Crippen molar-refractivity contribution in [3.63, 3.8) is 0 Å². The third-order valence-corrected chi connectivity index (χ3v) is 1.77. The van der Waals surface area contributed by atoms with Crippen LogP contribution in [0, 0.1) is 6.92 Å². The standard InChI is InChI=1S/C8H9BrN/c1-6(10)7-3-2-4-8(9)5-7/h2-6H,1,10H2/t6-/m0/s1. The Morgan fingerprint density at radius 2 is 2.20 bits per heavy atom. The predicted octanol–water partition coefficient (Wildman–Crippen LogP) is 2.28. The molecule has 1 radical (unpaired) electrons. The highest BCUT2D eigenvalue weighted by molar-refractivity contribution is 9.10. The molecule has 1 atom stereocenters. The number of hydrogen-bond acceptors (Lipinski definition) is 1. The smallest absolute Gasteiger partial charge is 0.0295 e. The minimum atomic E-state index is -0.127. The number of hydrogen-bond donors (Lipinski definition) is 1. The Balaban J connectivity index is 2.96. The van der Waals surface area contributed by atoms with Gasteiger partial charge in [0.05, 0.1) is 0 Å². The first-order valence-corrected chi connectivity index (χ1v) is 3.83. The van der Waals surface area contributed by atoms with Crippen molar-refractivity contribution in [1.29, 1.82) is 0 Å². The van der Waals surface area contributed by atoms with Gasteiger partial charge in [-0.25, -0.2) is 0 Å². The predicted molar refractivity (Wildman–Crippen MR) is 46.4 cm³/mol. The molecular weight excluding hydrogens is 190 g/mol. The Hall–Kier alpha value is -0.340. The van der Waals surface area contributed by atoms with Crippen LogP contribution in [0.25, 0.3) is 0 Å². The zero-order chi connectivity index (χ0) is 7.56. The molecule has 2 N–H and O–H groups in total. The largest absolute Gasteiger partial charge is 0.324 e. The Kier molecular flexibility index (Phi) is 2.46. The van der Waals surface area contributed by atoms with E-state index in [-0.39, 0.29) is 6.04 Å². The van der Waals surface area contributed by atoms with Crippen LogP contribution in [0.2, 0.25) is 0 Å². The second kappa shape index (κ2) is 3.17. The van der Waals surface area contributed by atoms with E-state index in [2.05, 4.69) is 22.9 Å². The van der Waals surface area contributed by atoms with Gasteiger partial charge in [-0.1, -0.05) is 28.1 Å². The fraction of sp³-hybridized carbons (Fsp3) is 0.125. The van der Waals surface area contributed by atoms with Gasteiger partial charge >= 0.3 is 0 Å². The van der Waals surface area contributed by atoms with Crippen molar-refractivity contribution >= 4 is 15.9 Å². The molecule has 0 saturated carbocycles. The van der Waals surface area contributed by atoms with E-state index in [1.54, 1.807) is 0 Å². The summed E-state index contributed by atoms with van der Waals surface area (Å²) >= 11 is 3.35. The molecule has 1 rings (SSSR count). The van der Waals surface area contributed by atoms with E-state index in [1.807, 2.05) is 24.3 Å². The summed E-state index contributed by atoms with van der Waals surface area (Å²) < 4.78 is 1.05. The normalized spacial score (nSPS) is 13.1. The van der Waals surface area contributed by atoms with Gasteiger partial charge in [-0.15, -0.1) is 0 Å². The molecule has 0 spiro atoms. The van der Waals surface area contributed by atoms with Gasteiger partial charge < -0.3 is 5.73 Å². The first-order valence-electron chi connectivity index (χ1n) is 3.04. The van der Waals surface area contributed by atoms with Gasteiger partial charge in [0.1, 0.15) is 0 Å². The molecule has 1 aromatic rings. The fourth-order valence-electron chi connectivity index (χ4n) is 0.737. The molecule has 0 saturated heterocycles. The maximum atomic E-state index is 5.55. The summed E-state index contributed by atoms with van der Waals surface area (Å²) in [5.41, 5.74) is 6.60. The molecular formula is C8H9BrN. The Labute approximate surface area is 69.4 Å². The van der Waals surface area contributed by atoms with Crippen molar-refractivity contribution in [3.8, 4) is 0 Å². The Morgan fingerprint density at radius 1 is 1.50 bits per heavy atom. The van der Waals surface area contributed by atoms with Crippen LogP contribution in [-0.2, 0) is 0 Å². The maximum Gasteiger partial charge on any atom is 0.0295 e. The molecule has 0 aliphatic rings. The summed E-state index contributed by atoms with van der Waals surface area (Å²) in [6.45, 7) is 3.71. The molecule has 0 aliphatic heterocycles. The van der Waals surface area contributed by atoms with Gasteiger partial charge in [0.15, 0.2) is 0 Å². The number of benzene rings is 1. The summed E-state index contributed by atoms with van der Waals surface area (Å²) in [6.07, 6.45) is 0. The second-order valence-electron chi connectivity index (χ2n) is 2.16. The Bertz CT molecular complexity index is 220. The first kappa shape index (κ1) is 7.76. The highest BCUT2D eigenvalue weighted by atomic mass is 79.9. The van der Waals surface area contributed by atoms with E-state index in [0.717, 1.165) is 10.0 Å². The Morgan fingerprint density at radius 3 is 2.60 bits per heavy atom. The molecule has 1 nitrogen and oxygen atoms in total. The average Bonchev–Trinajstić information content (AvgIpc) is 1.88. The summed E-state index contributed by atoms with van der Waals surface area (Å²) in [5.74, 6) is 0. The summed E-state index contributed by atoms with van der Waals surface area (Å²) in [4.78, 5) is 0. The lowest BCUT2D eigenvalue weighted by Gasteiger charge is -2.03. The minimum Gasteiger partial charge on any atom is -0.324 e. The monoisotopic (exact) mass is 198 g/mol. The van der Waals surface area contributed by atoms with Crippen LogP contribution in [0.4, 0.5) is 0 Å². The van der Waals surface area contributed by atoms with Crippen LogP contribution in [0.5, 0.6) is 0 Å². The van der Waals surface area contributed by atoms with Crippen molar-refractivity contribution in [1.82, 2.24) is 0 Å². The van der Waals surface area contributed by atoms with Crippen molar-refractivity contribution in [2.75, 3.05) is 0 Å². The topological polar surface area (TPSA) is 26.0 Å². The second-order valence-corrected chi connectivity index (χ2v) is 3.08. The fourth-order valence-corrected chi connectivity index (χ4v) is 1.15. The van der Waals surface area contributed by atoms with Crippen LogP contribution < -0.4 is 5.73 Å². The number of halogens is 1. The van der Waals surface area contributed by atoms with E-state index in [9.17, 15) is 0 Å². The van der Waals surface area contributed by atoms with Gasteiger partial charge in [-0.05, 0) is 24.6 Å². The van der Waals surface area contributed by atoms with Crippen LogP contribution in [0.15, 0.2) is 28.7 Å². The summed E-state index contributed by atoms with van der Waals surface area (Å²) in [6, 6.07) is 7.72. The van der Waals surface area contributed by atoms with Gasteiger partial charge in [0, 0.05) is 10.5 Å². The van der Waals surface area contributed by atoms with Gasteiger partial charge in [-0.2, -0.15) is 0 Å². The van der Waals surface area contributed by atoms with Crippen LogP contribution >= 0.6 is 15.9 Å². The molecule has 0 amide bonds. The number of nitrogens with two attached hydrogens (primary N) is 1. The molecule has 0 fully saturated rings. The average molecular weight is 199 g/mol. The van der Waals surface area contributed by atoms with Crippen molar-refractivity contribution in [2.45, 2.75) is 6.04 Å². The quantitative estimate of drug-likeness (QED) is 0.737. The zero-order valence-corrected chi connectivity index (χ0v) is 7.14. The molecule has 0 aliphatic carbocycles. The highest BCUT2D eigenvalue weighted by Crippen LogP contribution is 2.15. The molecule has 1 aromatic carbocycles. The van der Waals surface area contributed by atoms with Gasteiger partial charge in [-0.3, -0.25) is 0 Å². The van der Waals surface area contributed by atoms with Gasteiger partial charge in [0.2, 0.25) is 0 Å². The third kappa shape index (κ3) is 1.82. The molecule has 53 valence electrons. The summed E-state index contributed by atoms with van der Waals surface area (Å²) in [5, 5.41) is 0. The minimum absolute atomic E-state index is 0.127. The molecule has 0 aromatic heterocycles. The van der Waals surface area contributed by atoms with Gasteiger partial charge in [0.25, 0.3) is 0 Å². The van der Waals surface area contributed by atoms with E-state index < -0.39 is 0 Å². The lowest BCUT2D eigenvalue weighted by Crippen LogP contribution is -2.04. The van der Waals surface area contributed by atoms with E-state index in [4.69, 9.17) is 5.73 Å². The summed E-state index contributed by atoms with van der Waals surface area (Å²) in [7, 11) is 0. The maximum absolute atomic E-state index is 5.55. The van der Waals surface area contributed by atoms with E-state index in [1.165, 1.54) is 0 Å². The SMILES string of the molecule is [CH2][C@H](N)c1cccc(Br)c1. The van der Waals surface area contributed by atoms with Crippen molar-refractivity contribution in [2.24, 2.45) is 5.73 Å². The molecule has 2 heteroatoms. The molecule has 0 bridgehead atoms. The van der Waals surface area contributed by atoms with Crippen LogP contribution in [0.3, 0.4) is 0 Å². The van der Waals surface area contributed by atoms with E-state index in [0.29, 0.717) is 0 Å².